The molecular weight excluding hydrogens is 528 g/mol. The molecule has 0 bridgehead atoms. The molecule has 0 atom stereocenters. The lowest BCUT2D eigenvalue weighted by Gasteiger charge is -2.31. The van der Waals surface area contributed by atoms with Gasteiger partial charge in [0.1, 0.15) is 17.3 Å². The van der Waals surface area contributed by atoms with E-state index in [1.165, 1.54) is 6.42 Å². The average Bonchev–Trinajstić information content (AvgIpc) is 3.45. The van der Waals surface area contributed by atoms with Gasteiger partial charge in [0.25, 0.3) is 11.8 Å². The fraction of sp³-hybridized carbons (Fsp3) is 0.267. The van der Waals surface area contributed by atoms with E-state index in [1.807, 2.05) is 18.2 Å². The van der Waals surface area contributed by atoms with Crippen LogP contribution in [0.25, 0.3) is 5.69 Å². The third kappa shape index (κ3) is 6.68. The second-order valence-corrected chi connectivity index (χ2v) is 10.1. The Bertz CT molecular complexity index is 1540. The van der Waals surface area contributed by atoms with E-state index in [4.69, 9.17) is 0 Å². The lowest BCUT2D eigenvalue weighted by Crippen LogP contribution is -2.32. The van der Waals surface area contributed by atoms with Crippen molar-refractivity contribution in [2.75, 3.05) is 42.7 Å². The van der Waals surface area contributed by atoms with Crippen molar-refractivity contribution in [3.05, 3.63) is 95.3 Å². The van der Waals surface area contributed by atoms with Crippen LogP contribution in [0.4, 0.5) is 25.8 Å². The normalized spacial score (nSPS) is 13.1. The summed E-state index contributed by atoms with van der Waals surface area (Å²) in [6, 6.07) is 15.4. The largest absolute Gasteiger partial charge is 0.379 e. The summed E-state index contributed by atoms with van der Waals surface area (Å²) in [6.07, 6.45) is 5.20. The van der Waals surface area contributed by atoms with E-state index in [9.17, 15) is 18.4 Å². The maximum Gasteiger partial charge on any atom is 0.255 e. The van der Waals surface area contributed by atoms with E-state index < -0.39 is 17.5 Å². The third-order valence-electron chi connectivity index (χ3n) is 6.84. The summed E-state index contributed by atoms with van der Waals surface area (Å²) in [5, 5.41) is 14.4. The van der Waals surface area contributed by atoms with Gasteiger partial charge in [-0.1, -0.05) is 11.3 Å². The molecule has 0 spiro atoms. The van der Waals surface area contributed by atoms with Crippen LogP contribution in [0.15, 0.2) is 66.9 Å². The van der Waals surface area contributed by atoms with E-state index in [2.05, 4.69) is 25.8 Å². The van der Waals surface area contributed by atoms with Gasteiger partial charge < -0.3 is 20.4 Å². The van der Waals surface area contributed by atoms with Crippen LogP contribution in [0.5, 0.6) is 0 Å². The molecule has 41 heavy (non-hydrogen) atoms. The molecule has 212 valence electrons. The SMILES string of the molecule is CN(C)C(=O)c1cc(NCc2cn(-c3cccc(NC(=O)c4cc(F)cc(F)c4)c3)nn2)ccc1N1CCCCC1. The number of carbonyl (C=O) groups excluding carboxylic acids is 2. The first kappa shape index (κ1) is 27.8. The number of aromatic nitrogens is 3. The number of piperidine rings is 1. The molecule has 0 aliphatic carbocycles. The zero-order valence-corrected chi connectivity index (χ0v) is 22.9. The minimum Gasteiger partial charge on any atom is -0.379 e. The predicted octanol–water partition coefficient (Wildman–Crippen LogP) is 5.10. The van der Waals surface area contributed by atoms with Crippen molar-refractivity contribution in [1.29, 1.82) is 0 Å². The molecule has 0 saturated carbocycles. The highest BCUT2D eigenvalue weighted by molar-refractivity contribution is 6.04. The summed E-state index contributed by atoms with van der Waals surface area (Å²) < 4.78 is 28.6. The highest BCUT2D eigenvalue weighted by atomic mass is 19.1. The summed E-state index contributed by atoms with van der Waals surface area (Å²) in [4.78, 5) is 29.3. The Labute approximate surface area is 236 Å². The molecule has 0 unspecified atom stereocenters. The number of amides is 2. The van der Waals surface area contributed by atoms with Crippen LogP contribution in [-0.4, -0.2) is 58.9 Å². The molecule has 2 N–H and O–H groups in total. The highest BCUT2D eigenvalue weighted by Crippen LogP contribution is 2.28. The van der Waals surface area contributed by atoms with E-state index in [0.29, 0.717) is 35.2 Å². The van der Waals surface area contributed by atoms with Gasteiger partial charge in [0, 0.05) is 55.9 Å². The van der Waals surface area contributed by atoms with Gasteiger partial charge in [-0.3, -0.25) is 9.59 Å². The zero-order chi connectivity index (χ0) is 28.9. The van der Waals surface area contributed by atoms with Crippen molar-refractivity contribution in [2.45, 2.75) is 25.8 Å². The van der Waals surface area contributed by atoms with E-state index >= 15 is 0 Å². The quantitative estimate of drug-likeness (QED) is 0.312. The number of benzene rings is 3. The molecule has 9 nitrogen and oxygen atoms in total. The van der Waals surface area contributed by atoms with Crippen LogP contribution in [0.2, 0.25) is 0 Å². The van der Waals surface area contributed by atoms with Crippen LogP contribution >= 0.6 is 0 Å². The summed E-state index contributed by atoms with van der Waals surface area (Å²) in [5.74, 6) is -2.34. The summed E-state index contributed by atoms with van der Waals surface area (Å²) in [5.41, 5.74) is 4.01. The molecule has 1 aromatic heterocycles. The van der Waals surface area contributed by atoms with Gasteiger partial charge in [-0.15, -0.1) is 5.10 Å². The molecule has 4 aromatic rings. The van der Waals surface area contributed by atoms with Crippen LogP contribution < -0.4 is 15.5 Å². The van der Waals surface area contributed by atoms with Gasteiger partial charge in [-0.05, 0) is 67.8 Å². The Morgan fingerprint density at radius 3 is 2.41 bits per heavy atom. The number of anilines is 3. The van der Waals surface area contributed by atoms with Crippen molar-refractivity contribution < 1.29 is 18.4 Å². The molecule has 2 heterocycles. The van der Waals surface area contributed by atoms with Crippen molar-refractivity contribution in [2.24, 2.45) is 0 Å². The first-order valence-corrected chi connectivity index (χ1v) is 13.4. The molecule has 0 radical (unpaired) electrons. The second-order valence-electron chi connectivity index (χ2n) is 10.1. The monoisotopic (exact) mass is 559 g/mol. The number of carbonyl (C=O) groups is 2. The average molecular weight is 560 g/mol. The zero-order valence-electron chi connectivity index (χ0n) is 22.9. The van der Waals surface area contributed by atoms with Crippen molar-refractivity contribution in [3.8, 4) is 5.69 Å². The van der Waals surface area contributed by atoms with Gasteiger partial charge >= 0.3 is 0 Å². The Morgan fingerprint density at radius 1 is 0.927 bits per heavy atom. The summed E-state index contributed by atoms with van der Waals surface area (Å²) >= 11 is 0. The molecule has 1 saturated heterocycles. The molecule has 2 amide bonds. The van der Waals surface area contributed by atoms with Crippen molar-refractivity contribution >= 4 is 28.9 Å². The molecule has 1 fully saturated rings. The van der Waals surface area contributed by atoms with Crippen LogP contribution in [0.1, 0.15) is 45.7 Å². The summed E-state index contributed by atoms with van der Waals surface area (Å²) in [6.45, 7) is 2.26. The smallest absolute Gasteiger partial charge is 0.255 e. The maximum absolute atomic E-state index is 13.5. The minimum atomic E-state index is -0.828. The van der Waals surface area contributed by atoms with Crippen LogP contribution in [-0.2, 0) is 6.54 Å². The fourth-order valence-electron chi connectivity index (χ4n) is 4.78. The number of nitrogens with one attached hydrogen (secondary N) is 2. The molecule has 3 aromatic carbocycles. The van der Waals surface area contributed by atoms with Gasteiger partial charge in [0.2, 0.25) is 0 Å². The molecule has 5 rings (SSSR count). The van der Waals surface area contributed by atoms with Crippen molar-refractivity contribution in [3.63, 3.8) is 0 Å². The van der Waals surface area contributed by atoms with Crippen molar-refractivity contribution in [1.82, 2.24) is 19.9 Å². The lowest BCUT2D eigenvalue weighted by atomic mass is 10.1. The first-order chi connectivity index (χ1) is 19.8. The number of hydrogen-bond donors (Lipinski definition) is 2. The van der Waals surface area contributed by atoms with Crippen LogP contribution in [0.3, 0.4) is 0 Å². The van der Waals surface area contributed by atoms with Gasteiger partial charge in [-0.2, -0.15) is 0 Å². The van der Waals surface area contributed by atoms with E-state index in [1.54, 1.807) is 54.1 Å². The Hall–Kier alpha value is -4.80. The van der Waals surface area contributed by atoms with Gasteiger partial charge in [0.05, 0.1) is 24.0 Å². The van der Waals surface area contributed by atoms with Gasteiger partial charge in [0.15, 0.2) is 0 Å². The van der Waals surface area contributed by atoms with E-state index in [-0.39, 0.29) is 11.5 Å². The maximum atomic E-state index is 13.5. The second kappa shape index (κ2) is 12.2. The Morgan fingerprint density at radius 2 is 1.68 bits per heavy atom. The minimum absolute atomic E-state index is 0.0466. The number of rotatable bonds is 8. The number of nitrogens with zero attached hydrogens (tertiary/aromatic N) is 5. The number of hydrogen-bond acceptors (Lipinski definition) is 6. The summed E-state index contributed by atoms with van der Waals surface area (Å²) in [7, 11) is 3.50. The molecule has 1 aliphatic rings. The topological polar surface area (TPSA) is 95.4 Å². The van der Waals surface area contributed by atoms with Gasteiger partial charge in [-0.25, -0.2) is 13.5 Å². The highest BCUT2D eigenvalue weighted by Gasteiger charge is 2.20. The molecule has 1 aliphatic heterocycles. The molecular formula is C30H31F2N7O2. The Kier molecular flexibility index (Phi) is 8.23. The lowest BCUT2D eigenvalue weighted by molar-refractivity contribution is 0.0828. The third-order valence-corrected chi connectivity index (χ3v) is 6.84. The number of halogens is 2. The van der Waals surface area contributed by atoms with E-state index in [0.717, 1.165) is 49.4 Å². The van der Waals surface area contributed by atoms with Crippen LogP contribution in [0, 0.1) is 11.6 Å². The Balaban J connectivity index is 1.27. The fourth-order valence-corrected chi connectivity index (χ4v) is 4.78. The molecule has 11 heteroatoms. The predicted molar refractivity (Wildman–Crippen MR) is 154 cm³/mol. The first-order valence-electron chi connectivity index (χ1n) is 13.4. The standard InChI is InChI=1S/C30H31F2N7O2/c1-37(2)30(41)27-17-23(9-10-28(27)38-11-4-3-5-12-38)33-18-25-19-39(36-35-25)26-8-6-7-24(16-26)34-29(40)20-13-21(31)15-22(32)14-20/h6-10,13-17,19,33H,3-5,11-12,18H2,1-2H3,(H,34,40).